The van der Waals surface area contributed by atoms with E-state index in [1.165, 1.54) is 7.11 Å². The van der Waals surface area contributed by atoms with Crippen molar-refractivity contribution in [2.45, 2.75) is 12.8 Å². The molecule has 2 aliphatic heterocycles. The van der Waals surface area contributed by atoms with Gasteiger partial charge in [-0.3, -0.25) is 9.59 Å². The standard InChI is InChI=1S/C15H17NO5/c1-19-15(18)11-7-14(17)16(8-11)5-4-10-2-3-12-13(6-10)21-9-20-12/h2-3,6,11H,4-5,7-9H2,1H3. The van der Waals surface area contributed by atoms with Crippen LogP contribution in [0.15, 0.2) is 18.2 Å². The van der Waals surface area contributed by atoms with Crippen molar-refractivity contribution in [3.63, 3.8) is 0 Å². The quantitative estimate of drug-likeness (QED) is 0.774. The van der Waals surface area contributed by atoms with Crippen LogP contribution in [0, 0.1) is 5.92 Å². The van der Waals surface area contributed by atoms with Crippen LogP contribution in [0.3, 0.4) is 0 Å². The summed E-state index contributed by atoms with van der Waals surface area (Å²) in [6.45, 7) is 1.28. The van der Waals surface area contributed by atoms with Crippen molar-refractivity contribution < 1.29 is 23.8 Å². The minimum atomic E-state index is -0.334. The summed E-state index contributed by atoms with van der Waals surface area (Å²) in [5.41, 5.74) is 1.08. The van der Waals surface area contributed by atoms with Crippen LogP contribution in [0.4, 0.5) is 0 Å². The number of carbonyl (C=O) groups excluding carboxylic acids is 2. The van der Waals surface area contributed by atoms with E-state index < -0.39 is 0 Å². The Bertz CT molecular complexity index is 571. The van der Waals surface area contributed by atoms with Crippen LogP contribution >= 0.6 is 0 Å². The van der Waals surface area contributed by atoms with Gasteiger partial charge in [0.05, 0.1) is 13.0 Å². The molecule has 0 aliphatic carbocycles. The maximum Gasteiger partial charge on any atom is 0.310 e. The van der Waals surface area contributed by atoms with E-state index in [9.17, 15) is 9.59 Å². The number of benzene rings is 1. The number of methoxy groups -OCH3 is 1. The van der Waals surface area contributed by atoms with Gasteiger partial charge in [0.2, 0.25) is 12.7 Å². The summed E-state index contributed by atoms with van der Waals surface area (Å²) in [5.74, 6) is 0.855. The number of rotatable bonds is 4. The number of amides is 1. The number of esters is 1. The molecule has 2 aliphatic rings. The second-order valence-electron chi connectivity index (χ2n) is 5.20. The van der Waals surface area contributed by atoms with Gasteiger partial charge in [-0.05, 0) is 24.1 Å². The molecule has 1 amide bonds. The number of hydrogen-bond donors (Lipinski definition) is 0. The Hall–Kier alpha value is -2.24. The molecule has 112 valence electrons. The number of fused-ring (bicyclic) bond motifs is 1. The molecule has 1 aromatic carbocycles. The van der Waals surface area contributed by atoms with E-state index >= 15 is 0 Å². The lowest BCUT2D eigenvalue weighted by atomic mass is 10.1. The molecule has 0 saturated carbocycles. The first kappa shape index (κ1) is 13.7. The molecule has 21 heavy (non-hydrogen) atoms. The highest BCUT2D eigenvalue weighted by Crippen LogP contribution is 2.32. The lowest BCUT2D eigenvalue weighted by Crippen LogP contribution is -2.28. The Morgan fingerprint density at radius 1 is 1.38 bits per heavy atom. The molecule has 1 fully saturated rings. The summed E-state index contributed by atoms with van der Waals surface area (Å²) >= 11 is 0. The molecular formula is C15H17NO5. The number of ether oxygens (including phenoxy) is 3. The van der Waals surface area contributed by atoms with Crippen LogP contribution in [0.25, 0.3) is 0 Å². The zero-order valence-corrected chi connectivity index (χ0v) is 11.8. The minimum absolute atomic E-state index is 0.00569. The third-order valence-corrected chi connectivity index (χ3v) is 3.86. The first-order valence-electron chi connectivity index (χ1n) is 6.91. The monoisotopic (exact) mass is 291 g/mol. The third-order valence-electron chi connectivity index (χ3n) is 3.86. The predicted octanol–water partition coefficient (Wildman–Crippen LogP) is 0.979. The van der Waals surface area contributed by atoms with Crippen molar-refractivity contribution in [3.8, 4) is 11.5 Å². The fourth-order valence-electron chi connectivity index (χ4n) is 2.67. The molecule has 0 N–H and O–H groups in total. The highest BCUT2D eigenvalue weighted by molar-refractivity contribution is 5.86. The summed E-state index contributed by atoms with van der Waals surface area (Å²) < 4.78 is 15.3. The van der Waals surface area contributed by atoms with Gasteiger partial charge in [-0.2, -0.15) is 0 Å². The predicted molar refractivity (Wildman–Crippen MR) is 73.0 cm³/mol. The van der Waals surface area contributed by atoms with Gasteiger partial charge in [0.1, 0.15) is 0 Å². The number of nitrogens with zero attached hydrogens (tertiary/aromatic N) is 1. The molecule has 6 nitrogen and oxygen atoms in total. The van der Waals surface area contributed by atoms with Gasteiger partial charge in [0.15, 0.2) is 11.5 Å². The summed E-state index contributed by atoms with van der Waals surface area (Å²) in [7, 11) is 1.35. The number of hydrogen-bond acceptors (Lipinski definition) is 5. The molecule has 0 spiro atoms. The molecule has 0 radical (unpaired) electrons. The summed E-state index contributed by atoms with van der Waals surface area (Å²) in [4.78, 5) is 25.1. The van der Waals surface area contributed by atoms with Gasteiger partial charge in [-0.25, -0.2) is 0 Å². The van der Waals surface area contributed by atoms with Crippen LogP contribution in [0.1, 0.15) is 12.0 Å². The Kier molecular flexibility index (Phi) is 3.68. The van der Waals surface area contributed by atoms with Crippen molar-refractivity contribution in [1.29, 1.82) is 0 Å². The molecule has 1 unspecified atom stereocenters. The largest absolute Gasteiger partial charge is 0.469 e. The van der Waals surface area contributed by atoms with Gasteiger partial charge in [-0.1, -0.05) is 6.07 Å². The Balaban J connectivity index is 1.58. The number of likely N-dealkylation sites (tertiary alicyclic amines) is 1. The SMILES string of the molecule is COC(=O)C1CC(=O)N(CCc2ccc3c(c2)OCO3)C1. The Morgan fingerprint density at radius 3 is 3.00 bits per heavy atom. The molecule has 6 heteroatoms. The molecule has 0 aromatic heterocycles. The molecule has 3 rings (SSSR count). The smallest absolute Gasteiger partial charge is 0.310 e. The van der Waals surface area contributed by atoms with E-state index in [1.54, 1.807) is 4.90 Å². The van der Waals surface area contributed by atoms with Crippen molar-refractivity contribution in [3.05, 3.63) is 23.8 Å². The second-order valence-corrected chi connectivity index (χ2v) is 5.20. The molecule has 1 saturated heterocycles. The van der Waals surface area contributed by atoms with Gasteiger partial charge in [0.25, 0.3) is 0 Å². The normalized spacial score (nSPS) is 20.0. The van der Waals surface area contributed by atoms with E-state index in [0.717, 1.165) is 23.5 Å². The van der Waals surface area contributed by atoms with Crippen LogP contribution in [-0.2, 0) is 20.7 Å². The summed E-state index contributed by atoms with van der Waals surface area (Å²) in [6.07, 6.45) is 0.962. The van der Waals surface area contributed by atoms with Crippen LogP contribution in [0.2, 0.25) is 0 Å². The summed E-state index contributed by atoms with van der Waals surface area (Å²) in [6, 6.07) is 5.77. The zero-order valence-electron chi connectivity index (χ0n) is 11.8. The maximum absolute atomic E-state index is 11.9. The first-order valence-corrected chi connectivity index (χ1v) is 6.91. The fourth-order valence-corrected chi connectivity index (χ4v) is 2.67. The highest BCUT2D eigenvalue weighted by atomic mass is 16.7. The van der Waals surface area contributed by atoms with Gasteiger partial charge in [-0.15, -0.1) is 0 Å². The topological polar surface area (TPSA) is 65.1 Å². The van der Waals surface area contributed by atoms with Crippen molar-refractivity contribution in [2.75, 3.05) is 27.0 Å². The van der Waals surface area contributed by atoms with E-state index in [1.807, 2.05) is 18.2 Å². The van der Waals surface area contributed by atoms with Crippen molar-refractivity contribution >= 4 is 11.9 Å². The average molecular weight is 291 g/mol. The van der Waals surface area contributed by atoms with Gasteiger partial charge < -0.3 is 19.1 Å². The van der Waals surface area contributed by atoms with Gasteiger partial charge >= 0.3 is 5.97 Å². The lowest BCUT2D eigenvalue weighted by molar-refractivity contribution is -0.145. The van der Waals surface area contributed by atoms with Crippen molar-refractivity contribution in [1.82, 2.24) is 4.90 Å². The van der Waals surface area contributed by atoms with Crippen LogP contribution in [0.5, 0.6) is 11.5 Å². The van der Waals surface area contributed by atoms with Crippen molar-refractivity contribution in [2.24, 2.45) is 5.92 Å². The highest BCUT2D eigenvalue weighted by Gasteiger charge is 2.34. The van der Waals surface area contributed by atoms with E-state index in [0.29, 0.717) is 13.1 Å². The second kappa shape index (κ2) is 5.63. The van der Waals surface area contributed by atoms with E-state index in [4.69, 9.17) is 14.2 Å². The molecule has 0 bridgehead atoms. The third kappa shape index (κ3) is 2.79. The Morgan fingerprint density at radius 2 is 2.19 bits per heavy atom. The average Bonchev–Trinajstić information content (AvgIpc) is 3.10. The minimum Gasteiger partial charge on any atom is -0.469 e. The molecule has 1 atom stereocenters. The number of carbonyl (C=O) groups is 2. The maximum atomic E-state index is 11.9. The van der Waals surface area contributed by atoms with E-state index in [-0.39, 0.29) is 31.0 Å². The first-order chi connectivity index (χ1) is 10.2. The van der Waals surface area contributed by atoms with Gasteiger partial charge in [0, 0.05) is 19.5 Å². The summed E-state index contributed by atoms with van der Waals surface area (Å²) in [5, 5.41) is 0. The fraction of sp³-hybridized carbons (Fsp3) is 0.467. The molecule has 2 heterocycles. The van der Waals surface area contributed by atoms with Crippen LogP contribution < -0.4 is 9.47 Å². The molecular weight excluding hydrogens is 274 g/mol. The van der Waals surface area contributed by atoms with E-state index in [2.05, 4.69) is 0 Å². The lowest BCUT2D eigenvalue weighted by Gasteiger charge is -2.16. The van der Waals surface area contributed by atoms with Crippen LogP contribution in [-0.4, -0.2) is 43.8 Å². The zero-order chi connectivity index (χ0) is 14.8. The Labute approximate surface area is 122 Å². The molecule has 1 aromatic rings.